The number of halogens is 1. The van der Waals surface area contributed by atoms with Crippen molar-refractivity contribution in [3.63, 3.8) is 0 Å². The average molecular weight is 322 g/mol. The van der Waals surface area contributed by atoms with Gasteiger partial charge in [-0.1, -0.05) is 48.5 Å². The van der Waals surface area contributed by atoms with Crippen molar-refractivity contribution in [1.29, 1.82) is 10.5 Å². The predicted octanol–water partition coefficient (Wildman–Crippen LogP) is 5.54. The smallest absolute Gasteiger partial charge is 0.158 e. The zero-order valence-electron chi connectivity index (χ0n) is 13.1. The van der Waals surface area contributed by atoms with Crippen LogP contribution in [0.25, 0.3) is 32.7 Å². The van der Waals surface area contributed by atoms with Crippen molar-refractivity contribution in [3.05, 3.63) is 83.7 Å². The molecule has 4 rings (SSSR count). The third-order valence-corrected chi connectivity index (χ3v) is 4.39. The lowest BCUT2D eigenvalue weighted by Crippen LogP contribution is -1.93. The molecule has 0 radical (unpaired) electrons. The fourth-order valence-corrected chi connectivity index (χ4v) is 3.24. The molecule has 0 aliphatic heterocycles. The summed E-state index contributed by atoms with van der Waals surface area (Å²) in [5, 5.41) is 22.7. The molecule has 0 aliphatic carbocycles. The molecule has 116 valence electrons. The fraction of sp³-hybridized carbons (Fsp3) is 0. The van der Waals surface area contributed by atoms with E-state index in [-0.39, 0.29) is 11.1 Å². The molecule has 0 aliphatic rings. The van der Waals surface area contributed by atoms with Crippen molar-refractivity contribution < 1.29 is 4.39 Å². The third kappa shape index (κ3) is 2.31. The van der Waals surface area contributed by atoms with Gasteiger partial charge in [0.25, 0.3) is 0 Å². The summed E-state index contributed by atoms with van der Waals surface area (Å²) in [6, 6.07) is 24.7. The van der Waals surface area contributed by atoms with Crippen molar-refractivity contribution in [3.8, 4) is 23.3 Å². The summed E-state index contributed by atoms with van der Waals surface area (Å²) in [7, 11) is 0. The van der Waals surface area contributed by atoms with E-state index in [1.807, 2.05) is 60.7 Å². The first-order valence-electron chi connectivity index (χ1n) is 7.77. The highest BCUT2D eigenvalue weighted by molar-refractivity contribution is 6.13. The molecule has 0 saturated heterocycles. The molecule has 0 spiro atoms. The molecule has 25 heavy (non-hydrogen) atoms. The number of hydrogen-bond acceptors (Lipinski definition) is 2. The summed E-state index contributed by atoms with van der Waals surface area (Å²) in [5.74, 6) is -0.765. The van der Waals surface area contributed by atoms with Crippen molar-refractivity contribution >= 4 is 21.5 Å². The molecular weight excluding hydrogens is 311 g/mol. The lowest BCUT2D eigenvalue weighted by Gasteiger charge is -2.12. The maximum atomic E-state index is 14.1. The molecule has 0 fully saturated rings. The van der Waals surface area contributed by atoms with Gasteiger partial charge in [-0.25, -0.2) is 4.39 Å². The normalized spacial score (nSPS) is 10.5. The van der Waals surface area contributed by atoms with Gasteiger partial charge in [0.15, 0.2) is 5.82 Å². The second-order valence-corrected chi connectivity index (χ2v) is 5.80. The standard InChI is InChI=1S/C22H11FN2/c23-22-16(12-24)9-15(10-17(22)13-25)21-11-14-5-1-2-6-18(14)19-7-3-4-8-20(19)21/h1-11H. The zero-order chi connectivity index (χ0) is 17.4. The van der Waals surface area contributed by atoms with Crippen LogP contribution in [0.4, 0.5) is 4.39 Å². The molecule has 0 saturated carbocycles. The first-order valence-corrected chi connectivity index (χ1v) is 7.77. The zero-order valence-corrected chi connectivity index (χ0v) is 13.1. The number of benzene rings is 4. The molecule has 3 heteroatoms. The number of hydrogen-bond donors (Lipinski definition) is 0. The average Bonchev–Trinajstić information content (AvgIpc) is 2.67. The minimum atomic E-state index is -0.765. The Morgan fingerprint density at radius 3 is 1.88 bits per heavy atom. The molecular formula is C22H11FN2. The third-order valence-electron chi connectivity index (χ3n) is 4.39. The van der Waals surface area contributed by atoms with Crippen LogP contribution in [-0.4, -0.2) is 0 Å². The summed E-state index contributed by atoms with van der Waals surface area (Å²) in [6.07, 6.45) is 0. The van der Waals surface area contributed by atoms with E-state index in [9.17, 15) is 14.9 Å². The molecule has 0 aromatic heterocycles. The van der Waals surface area contributed by atoms with Gasteiger partial charge in [-0.05, 0) is 50.9 Å². The van der Waals surface area contributed by atoms with E-state index < -0.39 is 5.82 Å². The highest BCUT2D eigenvalue weighted by Gasteiger charge is 2.14. The Kier molecular flexibility index (Phi) is 3.42. The lowest BCUT2D eigenvalue weighted by atomic mass is 9.91. The van der Waals surface area contributed by atoms with Crippen LogP contribution in [0.2, 0.25) is 0 Å². The van der Waals surface area contributed by atoms with Gasteiger partial charge in [-0.15, -0.1) is 0 Å². The monoisotopic (exact) mass is 322 g/mol. The van der Waals surface area contributed by atoms with Crippen LogP contribution in [0.15, 0.2) is 66.7 Å². The lowest BCUT2D eigenvalue weighted by molar-refractivity contribution is 0.620. The van der Waals surface area contributed by atoms with Crippen LogP contribution in [-0.2, 0) is 0 Å². The van der Waals surface area contributed by atoms with Crippen molar-refractivity contribution in [2.75, 3.05) is 0 Å². The summed E-state index contributed by atoms with van der Waals surface area (Å²) < 4.78 is 14.1. The van der Waals surface area contributed by atoms with Crippen molar-refractivity contribution in [2.45, 2.75) is 0 Å². The van der Waals surface area contributed by atoms with Crippen LogP contribution in [0.3, 0.4) is 0 Å². The van der Waals surface area contributed by atoms with E-state index in [0.29, 0.717) is 5.56 Å². The van der Waals surface area contributed by atoms with Crippen molar-refractivity contribution in [2.24, 2.45) is 0 Å². The summed E-state index contributed by atoms with van der Waals surface area (Å²) in [4.78, 5) is 0. The number of nitrogens with zero attached hydrogens (tertiary/aromatic N) is 2. The maximum absolute atomic E-state index is 14.1. The molecule has 0 bridgehead atoms. The van der Waals surface area contributed by atoms with Gasteiger partial charge in [-0.3, -0.25) is 0 Å². The van der Waals surface area contributed by atoms with E-state index in [1.165, 1.54) is 12.1 Å². The minimum absolute atomic E-state index is 0.119. The first kappa shape index (κ1) is 14.9. The molecule has 4 aromatic rings. The van der Waals surface area contributed by atoms with Gasteiger partial charge in [-0.2, -0.15) is 10.5 Å². The fourth-order valence-electron chi connectivity index (χ4n) is 3.24. The summed E-state index contributed by atoms with van der Waals surface area (Å²) in [5.41, 5.74) is 1.30. The Bertz CT molecular complexity index is 1190. The highest BCUT2D eigenvalue weighted by Crippen LogP contribution is 2.36. The van der Waals surface area contributed by atoms with Crippen LogP contribution < -0.4 is 0 Å². The van der Waals surface area contributed by atoms with Crippen LogP contribution >= 0.6 is 0 Å². The second-order valence-electron chi connectivity index (χ2n) is 5.80. The number of fused-ring (bicyclic) bond motifs is 3. The predicted molar refractivity (Wildman–Crippen MR) is 96.3 cm³/mol. The molecule has 0 heterocycles. The second kappa shape index (κ2) is 5.74. The summed E-state index contributed by atoms with van der Waals surface area (Å²) >= 11 is 0. The van der Waals surface area contributed by atoms with E-state index in [0.717, 1.165) is 27.1 Å². The van der Waals surface area contributed by atoms with Crippen LogP contribution in [0.5, 0.6) is 0 Å². The molecule has 4 aromatic carbocycles. The Hall–Kier alpha value is -3.69. The molecule has 0 amide bonds. The van der Waals surface area contributed by atoms with Gasteiger partial charge in [0, 0.05) is 0 Å². The number of rotatable bonds is 1. The molecule has 0 unspecified atom stereocenters. The van der Waals surface area contributed by atoms with Gasteiger partial charge in [0.2, 0.25) is 0 Å². The molecule has 0 N–H and O–H groups in total. The van der Waals surface area contributed by atoms with Gasteiger partial charge >= 0.3 is 0 Å². The van der Waals surface area contributed by atoms with Crippen LogP contribution in [0, 0.1) is 28.5 Å². The Morgan fingerprint density at radius 1 is 0.680 bits per heavy atom. The van der Waals surface area contributed by atoms with E-state index in [2.05, 4.69) is 6.07 Å². The first-order chi connectivity index (χ1) is 12.2. The quantitative estimate of drug-likeness (QED) is 0.432. The number of nitriles is 2. The Balaban J connectivity index is 2.14. The topological polar surface area (TPSA) is 47.6 Å². The van der Waals surface area contributed by atoms with Gasteiger partial charge < -0.3 is 0 Å². The van der Waals surface area contributed by atoms with Crippen molar-refractivity contribution in [1.82, 2.24) is 0 Å². The van der Waals surface area contributed by atoms with E-state index in [4.69, 9.17) is 0 Å². The Labute approximate surface area is 144 Å². The van der Waals surface area contributed by atoms with E-state index >= 15 is 0 Å². The van der Waals surface area contributed by atoms with E-state index in [1.54, 1.807) is 0 Å². The van der Waals surface area contributed by atoms with Crippen LogP contribution in [0.1, 0.15) is 11.1 Å². The minimum Gasteiger partial charge on any atom is -0.204 e. The Morgan fingerprint density at radius 2 is 1.24 bits per heavy atom. The molecule has 0 atom stereocenters. The largest absolute Gasteiger partial charge is 0.204 e. The SMILES string of the molecule is N#Cc1cc(-c2cc3ccccc3c3ccccc23)cc(C#N)c1F. The summed E-state index contributed by atoms with van der Waals surface area (Å²) in [6.45, 7) is 0. The van der Waals surface area contributed by atoms with Gasteiger partial charge in [0.1, 0.15) is 12.1 Å². The maximum Gasteiger partial charge on any atom is 0.158 e. The highest BCUT2D eigenvalue weighted by atomic mass is 19.1. The van der Waals surface area contributed by atoms with Gasteiger partial charge in [0.05, 0.1) is 11.1 Å². The molecule has 2 nitrogen and oxygen atoms in total.